The Bertz CT molecular complexity index is 193. The zero-order valence-corrected chi connectivity index (χ0v) is 7.43. The lowest BCUT2D eigenvalue weighted by molar-refractivity contribution is -0.152. The Kier molecular flexibility index (Phi) is 1.83. The molecule has 2 atom stereocenters. The molecule has 1 aliphatic heterocycles. The van der Waals surface area contributed by atoms with Crippen molar-refractivity contribution in [2.45, 2.75) is 31.7 Å². The molecule has 0 aromatic heterocycles. The third-order valence-electron chi connectivity index (χ3n) is 3.34. The van der Waals surface area contributed by atoms with E-state index in [1.807, 2.05) is 0 Å². The second kappa shape index (κ2) is 2.73. The minimum absolute atomic E-state index is 0.00463. The van der Waals surface area contributed by atoms with Gasteiger partial charge in [-0.25, -0.2) is 0 Å². The number of rotatable bonds is 1. The molecule has 1 heterocycles. The number of ether oxygens (including phenoxy) is 1. The van der Waals surface area contributed by atoms with Crippen molar-refractivity contribution in [3.05, 3.63) is 0 Å². The van der Waals surface area contributed by atoms with Crippen molar-refractivity contribution >= 4 is 5.97 Å². The van der Waals surface area contributed by atoms with Gasteiger partial charge in [-0.2, -0.15) is 0 Å². The first kappa shape index (κ1) is 8.05. The summed E-state index contributed by atoms with van der Waals surface area (Å²) in [4.78, 5) is 11.6. The number of methoxy groups -OCH3 is 1. The molecule has 0 bridgehead atoms. The summed E-state index contributed by atoms with van der Waals surface area (Å²) < 4.78 is 4.86. The average molecular weight is 169 g/mol. The molecular weight excluding hydrogens is 154 g/mol. The Morgan fingerprint density at radius 1 is 1.58 bits per heavy atom. The second-order valence-corrected chi connectivity index (χ2v) is 3.80. The van der Waals surface area contributed by atoms with Crippen LogP contribution < -0.4 is 5.32 Å². The predicted molar refractivity (Wildman–Crippen MR) is 44.7 cm³/mol. The minimum Gasteiger partial charge on any atom is -0.469 e. The van der Waals surface area contributed by atoms with Crippen molar-refractivity contribution in [2.24, 2.45) is 5.41 Å². The van der Waals surface area contributed by atoms with Crippen molar-refractivity contribution in [1.82, 2.24) is 5.32 Å². The fourth-order valence-electron chi connectivity index (χ4n) is 2.69. The van der Waals surface area contributed by atoms with Gasteiger partial charge >= 0.3 is 5.97 Å². The normalized spacial score (nSPS) is 39.6. The number of hydrogen-bond acceptors (Lipinski definition) is 3. The van der Waals surface area contributed by atoms with E-state index < -0.39 is 0 Å². The molecule has 12 heavy (non-hydrogen) atoms. The van der Waals surface area contributed by atoms with Crippen LogP contribution in [0.5, 0.6) is 0 Å². The topological polar surface area (TPSA) is 38.3 Å². The zero-order valence-electron chi connectivity index (χ0n) is 7.43. The van der Waals surface area contributed by atoms with Crippen LogP contribution in [-0.2, 0) is 9.53 Å². The standard InChI is InChI=1S/C9H15NO2/c1-12-8(11)9-4-2-3-7(9)10-6-5-9/h7,10H,2-6H2,1H3. The second-order valence-electron chi connectivity index (χ2n) is 3.80. The Morgan fingerprint density at radius 2 is 2.42 bits per heavy atom. The van der Waals surface area contributed by atoms with E-state index in [1.165, 1.54) is 7.11 Å². The van der Waals surface area contributed by atoms with Crippen molar-refractivity contribution in [3.8, 4) is 0 Å². The van der Waals surface area contributed by atoms with E-state index in [1.54, 1.807) is 0 Å². The summed E-state index contributed by atoms with van der Waals surface area (Å²) in [5.74, 6) is -0.00463. The van der Waals surface area contributed by atoms with Gasteiger partial charge in [-0.1, -0.05) is 6.42 Å². The summed E-state index contributed by atoms with van der Waals surface area (Å²) in [5.41, 5.74) is -0.158. The van der Waals surface area contributed by atoms with Gasteiger partial charge in [-0.05, 0) is 25.8 Å². The molecule has 0 radical (unpaired) electrons. The van der Waals surface area contributed by atoms with Crippen LogP contribution in [0.2, 0.25) is 0 Å². The highest BCUT2D eigenvalue weighted by atomic mass is 16.5. The van der Waals surface area contributed by atoms with Crippen LogP contribution in [0.3, 0.4) is 0 Å². The number of carbonyl (C=O) groups excluding carboxylic acids is 1. The van der Waals surface area contributed by atoms with E-state index >= 15 is 0 Å². The molecule has 0 spiro atoms. The van der Waals surface area contributed by atoms with Gasteiger partial charge in [0.05, 0.1) is 12.5 Å². The van der Waals surface area contributed by atoms with Crippen molar-refractivity contribution in [3.63, 3.8) is 0 Å². The lowest BCUT2D eigenvalue weighted by Gasteiger charge is -2.24. The van der Waals surface area contributed by atoms with Gasteiger partial charge in [0.2, 0.25) is 0 Å². The Balaban J connectivity index is 2.21. The first-order valence-electron chi connectivity index (χ1n) is 4.61. The maximum Gasteiger partial charge on any atom is 0.313 e. The molecule has 2 rings (SSSR count). The van der Waals surface area contributed by atoms with Crippen molar-refractivity contribution in [2.75, 3.05) is 13.7 Å². The number of carbonyl (C=O) groups is 1. The quantitative estimate of drug-likeness (QED) is 0.587. The minimum atomic E-state index is -0.158. The molecule has 2 fully saturated rings. The maximum absolute atomic E-state index is 11.6. The summed E-state index contributed by atoms with van der Waals surface area (Å²) in [5, 5.41) is 3.37. The van der Waals surface area contributed by atoms with Crippen molar-refractivity contribution < 1.29 is 9.53 Å². The highest BCUT2D eigenvalue weighted by Crippen LogP contribution is 2.45. The molecule has 0 amide bonds. The smallest absolute Gasteiger partial charge is 0.313 e. The molecule has 1 aliphatic carbocycles. The van der Waals surface area contributed by atoms with Crippen LogP contribution in [0.4, 0.5) is 0 Å². The number of esters is 1. The predicted octanol–water partition coefficient (Wildman–Crippen LogP) is 0.692. The van der Waals surface area contributed by atoms with Gasteiger partial charge in [0, 0.05) is 6.04 Å². The van der Waals surface area contributed by atoms with Gasteiger partial charge in [0.15, 0.2) is 0 Å². The molecule has 68 valence electrons. The zero-order chi connectivity index (χ0) is 8.60. The van der Waals surface area contributed by atoms with Crippen molar-refractivity contribution in [1.29, 1.82) is 0 Å². The molecule has 0 aromatic rings. The fourth-order valence-corrected chi connectivity index (χ4v) is 2.69. The maximum atomic E-state index is 11.6. The number of hydrogen-bond donors (Lipinski definition) is 1. The van der Waals surface area contributed by atoms with Crippen LogP contribution in [0.1, 0.15) is 25.7 Å². The molecular formula is C9H15NO2. The first-order chi connectivity index (χ1) is 5.79. The molecule has 3 nitrogen and oxygen atoms in total. The van der Waals surface area contributed by atoms with Crippen LogP contribution in [0, 0.1) is 5.41 Å². The Hall–Kier alpha value is -0.570. The summed E-state index contributed by atoms with van der Waals surface area (Å²) >= 11 is 0. The molecule has 2 aliphatic rings. The fraction of sp³-hybridized carbons (Fsp3) is 0.889. The Labute approximate surface area is 72.5 Å². The van der Waals surface area contributed by atoms with Crippen LogP contribution in [0.25, 0.3) is 0 Å². The molecule has 2 unspecified atom stereocenters. The molecule has 3 heteroatoms. The van der Waals surface area contributed by atoms with Crippen LogP contribution in [0.15, 0.2) is 0 Å². The summed E-state index contributed by atoms with van der Waals surface area (Å²) in [6.07, 6.45) is 4.27. The molecule has 1 saturated heterocycles. The summed E-state index contributed by atoms with van der Waals surface area (Å²) in [7, 11) is 1.49. The van der Waals surface area contributed by atoms with Gasteiger partial charge in [-0.3, -0.25) is 4.79 Å². The Morgan fingerprint density at radius 3 is 3.17 bits per heavy atom. The summed E-state index contributed by atoms with van der Waals surface area (Å²) in [6, 6.07) is 0.393. The van der Waals surface area contributed by atoms with E-state index in [9.17, 15) is 4.79 Å². The number of fused-ring (bicyclic) bond motifs is 1. The molecule has 1 saturated carbocycles. The van der Waals surface area contributed by atoms with Gasteiger partial charge < -0.3 is 10.1 Å². The van der Waals surface area contributed by atoms with Gasteiger partial charge in [-0.15, -0.1) is 0 Å². The van der Waals surface area contributed by atoms with Crippen LogP contribution >= 0.6 is 0 Å². The van der Waals surface area contributed by atoms with Crippen LogP contribution in [-0.4, -0.2) is 25.7 Å². The number of nitrogens with one attached hydrogen (secondary N) is 1. The third kappa shape index (κ3) is 0.891. The highest BCUT2D eigenvalue weighted by molar-refractivity contribution is 5.78. The highest BCUT2D eigenvalue weighted by Gasteiger charge is 2.52. The average Bonchev–Trinajstić information content (AvgIpc) is 2.60. The lowest BCUT2D eigenvalue weighted by Crippen LogP contribution is -2.39. The first-order valence-corrected chi connectivity index (χ1v) is 4.61. The SMILES string of the molecule is COC(=O)C12CCCC1NCC2. The van der Waals surface area contributed by atoms with E-state index in [-0.39, 0.29) is 11.4 Å². The van der Waals surface area contributed by atoms with E-state index in [0.29, 0.717) is 6.04 Å². The third-order valence-corrected chi connectivity index (χ3v) is 3.34. The van der Waals surface area contributed by atoms with E-state index in [4.69, 9.17) is 4.74 Å². The van der Waals surface area contributed by atoms with Gasteiger partial charge in [0.25, 0.3) is 0 Å². The van der Waals surface area contributed by atoms with E-state index in [0.717, 1.165) is 32.2 Å². The largest absolute Gasteiger partial charge is 0.469 e. The lowest BCUT2D eigenvalue weighted by atomic mass is 9.82. The monoisotopic (exact) mass is 169 g/mol. The molecule has 0 aromatic carbocycles. The summed E-state index contributed by atoms with van der Waals surface area (Å²) in [6.45, 7) is 0.972. The van der Waals surface area contributed by atoms with E-state index in [2.05, 4.69) is 5.32 Å². The van der Waals surface area contributed by atoms with Gasteiger partial charge in [0.1, 0.15) is 0 Å². The molecule has 1 N–H and O–H groups in total.